The summed E-state index contributed by atoms with van der Waals surface area (Å²) in [7, 11) is 3.93. The molecule has 0 aliphatic heterocycles. The second-order valence-electron chi connectivity index (χ2n) is 7.23. The monoisotopic (exact) mass is 388 g/mol. The molecule has 2 aromatic heterocycles. The maximum Gasteiger partial charge on any atom is 0.287 e. The van der Waals surface area contributed by atoms with E-state index in [9.17, 15) is 4.79 Å². The fourth-order valence-electron chi connectivity index (χ4n) is 3.25. The van der Waals surface area contributed by atoms with E-state index in [1.807, 2.05) is 72.2 Å². The average Bonchev–Trinajstić information content (AvgIpc) is 3.34. The van der Waals surface area contributed by atoms with Crippen molar-refractivity contribution < 1.29 is 9.21 Å². The summed E-state index contributed by atoms with van der Waals surface area (Å²) in [6.07, 6.45) is 0. The number of fused-ring (bicyclic) bond motifs is 1. The maximum absolute atomic E-state index is 12.3. The smallest absolute Gasteiger partial charge is 0.287 e. The van der Waals surface area contributed by atoms with E-state index in [0.29, 0.717) is 24.6 Å². The van der Waals surface area contributed by atoms with Gasteiger partial charge in [0.2, 0.25) is 0 Å². The van der Waals surface area contributed by atoms with Crippen molar-refractivity contribution in [2.24, 2.45) is 0 Å². The summed E-state index contributed by atoms with van der Waals surface area (Å²) < 4.78 is 7.83. The van der Waals surface area contributed by atoms with Crippen molar-refractivity contribution in [1.82, 2.24) is 20.0 Å². The molecular weight excluding hydrogens is 364 g/mol. The minimum atomic E-state index is -0.217. The standard InChI is InChI=1S/C23H24N4O2/c1-26(2)15-14-24-23(28)21-13-12-20(29-21)22-18-10-6-7-11-19(18)27(25-22)16-17-8-4-3-5-9-17/h3-13H,14-16H2,1-2H3,(H,24,28). The molecule has 0 saturated heterocycles. The van der Waals surface area contributed by atoms with E-state index in [2.05, 4.69) is 17.4 Å². The van der Waals surface area contributed by atoms with Crippen LogP contribution < -0.4 is 5.32 Å². The Hall–Kier alpha value is -3.38. The molecule has 4 rings (SSSR count). The Balaban J connectivity index is 1.61. The topological polar surface area (TPSA) is 63.3 Å². The second kappa shape index (κ2) is 8.32. The molecule has 0 spiro atoms. The van der Waals surface area contributed by atoms with Gasteiger partial charge in [0, 0.05) is 18.5 Å². The highest BCUT2D eigenvalue weighted by Crippen LogP contribution is 2.29. The Morgan fingerprint density at radius 2 is 1.79 bits per heavy atom. The summed E-state index contributed by atoms with van der Waals surface area (Å²) in [6, 6.07) is 21.8. The van der Waals surface area contributed by atoms with Crippen molar-refractivity contribution in [2.75, 3.05) is 27.2 Å². The quantitative estimate of drug-likeness (QED) is 0.525. The Kier molecular flexibility index (Phi) is 5.44. The number of para-hydroxylation sites is 1. The minimum absolute atomic E-state index is 0.217. The molecule has 2 aromatic carbocycles. The maximum atomic E-state index is 12.3. The molecule has 0 bridgehead atoms. The summed E-state index contributed by atoms with van der Waals surface area (Å²) >= 11 is 0. The lowest BCUT2D eigenvalue weighted by Crippen LogP contribution is -2.31. The number of hydrogen-bond acceptors (Lipinski definition) is 4. The third-order valence-electron chi connectivity index (χ3n) is 4.74. The SMILES string of the molecule is CN(C)CCNC(=O)c1ccc(-c2nn(Cc3ccccc3)c3ccccc23)o1. The molecule has 0 aliphatic carbocycles. The molecule has 148 valence electrons. The van der Waals surface area contributed by atoms with E-state index < -0.39 is 0 Å². The van der Waals surface area contributed by atoms with Crippen LogP contribution in [0.1, 0.15) is 16.1 Å². The van der Waals surface area contributed by atoms with Crippen LogP contribution in [0.4, 0.5) is 0 Å². The van der Waals surface area contributed by atoms with Crippen molar-refractivity contribution in [3.63, 3.8) is 0 Å². The zero-order valence-electron chi connectivity index (χ0n) is 16.6. The third kappa shape index (κ3) is 4.22. The molecule has 6 nitrogen and oxygen atoms in total. The van der Waals surface area contributed by atoms with E-state index in [0.717, 1.165) is 23.1 Å². The highest BCUT2D eigenvalue weighted by molar-refractivity contribution is 5.94. The van der Waals surface area contributed by atoms with Crippen molar-refractivity contribution in [2.45, 2.75) is 6.54 Å². The van der Waals surface area contributed by atoms with Crippen LogP contribution in [0.15, 0.2) is 71.1 Å². The highest BCUT2D eigenvalue weighted by Gasteiger charge is 2.17. The first-order valence-corrected chi connectivity index (χ1v) is 9.64. The van der Waals surface area contributed by atoms with Crippen molar-refractivity contribution in [1.29, 1.82) is 0 Å². The number of amides is 1. The van der Waals surface area contributed by atoms with Gasteiger partial charge < -0.3 is 14.6 Å². The Morgan fingerprint density at radius 1 is 1.03 bits per heavy atom. The summed E-state index contributed by atoms with van der Waals surface area (Å²) in [5.74, 6) is 0.664. The zero-order valence-corrected chi connectivity index (χ0v) is 16.6. The van der Waals surface area contributed by atoms with Crippen molar-refractivity contribution >= 4 is 16.8 Å². The van der Waals surface area contributed by atoms with Gasteiger partial charge in [-0.1, -0.05) is 48.5 Å². The van der Waals surface area contributed by atoms with Gasteiger partial charge in [-0.15, -0.1) is 0 Å². The molecule has 4 aromatic rings. The van der Waals surface area contributed by atoms with Gasteiger partial charge in [0.25, 0.3) is 5.91 Å². The van der Waals surface area contributed by atoms with E-state index in [4.69, 9.17) is 9.52 Å². The molecule has 0 unspecified atom stereocenters. The molecular formula is C23H24N4O2. The number of carbonyl (C=O) groups is 1. The molecule has 2 heterocycles. The summed E-state index contributed by atoms with van der Waals surface area (Å²) in [5.41, 5.74) is 2.94. The number of furan rings is 1. The summed E-state index contributed by atoms with van der Waals surface area (Å²) in [4.78, 5) is 14.3. The fourth-order valence-corrected chi connectivity index (χ4v) is 3.25. The lowest BCUT2D eigenvalue weighted by molar-refractivity contribution is 0.0924. The van der Waals surface area contributed by atoms with Crippen LogP contribution in [-0.2, 0) is 6.54 Å². The van der Waals surface area contributed by atoms with Crippen LogP contribution in [0.3, 0.4) is 0 Å². The van der Waals surface area contributed by atoms with Gasteiger partial charge in [-0.2, -0.15) is 5.10 Å². The Morgan fingerprint density at radius 3 is 2.59 bits per heavy atom. The fraction of sp³-hybridized carbons (Fsp3) is 0.217. The first kappa shape index (κ1) is 19.0. The van der Waals surface area contributed by atoms with Gasteiger partial charge in [-0.05, 0) is 37.9 Å². The number of carbonyl (C=O) groups excluding carboxylic acids is 1. The molecule has 0 fully saturated rings. The largest absolute Gasteiger partial charge is 0.449 e. The van der Waals surface area contributed by atoms with E-state index in [1.165, 1.54) is 5.56 Å². The lowest BCUT2D eigenvalue weighted by Gasteiger charge is -2.09. The third-order valence-corrected chi connectivity index (χ3v) is 4.74. The molecule has 0 radical (unpaired) electrons. The molecule has 1 N–H and O–H groups in total. The highest BCUT2D eigenvalue weighted by atomic mass is 16.4. The first-order chi connectivity index (χ1) is 14.1. The Labute approximate surface area is 169 Å². The van der Waals surface area contributed by atoms with Gasteiger partial charge in [-0.3, -0.25) is 9.48 Å². The van der Waals surface area contributed by atoms with Crippen LogP contribution in [0.2, 0.25) is 0 Å². The number of benzene rings is 2. The van der Waals surface area contributed by atoms with E-state index >= 15 is 0 Å². The normalized spacial score (nSPS) is 11.3. The first-order valence-electron chi connectivity index (χ1n) is 9.64. The van der Waals surface area contributed by atoms with Gasteiger partial charge in [-0.25, -0.2) is 0 Å². The lowest BCUT2D eigenvalue weighted by atomic mass is 10.2. The van der Waals surface area contributed by atoms with Gasteiger partial charge in [0.05, 0.1) is 12.1 Å². The molecule has 0 atom stereocenters. The van der Waals surface area contributed by atoms with Crippen LogP contribution >= 0.6 is 0 Å². The summed E-state index contributed by atoms with van der Waals surface area (Å²) in [5, 5.41) is 8.67. The molecule has 6 heteroatoms. The average molecular weight is 388 g/mol. The van der Waals surface area contributed by atoms with E-state index in [1.54, 1.807) is 6.07 Å². The predicted octanol–water partition coefficient (Wildman–Crippen LogP) is 3.64. The molecule has 1 amide bonds. The number of nitrogens with zero attached hydrogens (tertiary/aromatic N) is 3. The molecule has 0 saturated carbocycles. The van der Waals surface area contributed by atoms with Gasteiger partial charge >= 0.3 is 0 Å². The van der Waals surface area contributed by atoms with Crippen LogP contribution in [0.5, 0.6) is 0 Å². The van der Waals surface area contributed by atoms with Crippen molar-refractivity contribution in [3.05, 3.63) is 78.1 Å². The predicted molar refractivity (Wildman–Crippen MR) is 114 cm³/mol. The number of aromatic nitrogens is 2. The molecule has 29 heavy (non-hydrogen) atoms. The zero-order chi connectivity index (χ0) is 20.2. The number of hydrogen-bond donors (Lipinski definition) is 1. The number of likely N-dealkylation sites (N-methyl/N-ethyl adjacent to an activating group) is 1. The van der Waals surface area contributed by atoms with E-state index in [-0.39, 0.29) is 5.91 Å². The molecule has 0 aliphatic rings. The minimum Gasteiger partial charge on any atom is -0.449 e. The van der Waals surface area contributed by atoms with Crippen LogP contribution in [-0.4, -0.2) is 47.8 Å². The Bertz CT molecular complexity index is 1110. The van der Waals surface area contributed by atoms with Crippen LogP contribution in [0, 0.1) is 0 Å². The summed E-state index contributed by atoms with van der Waals surface area (Å²) in [6.45, 7) is 2.00. The number of nitrogens with one attached hydrogen (secondary N) is 1. The van der Waals surface area contributed by atoms with Gasteiger partial charge in [0.15, 0.2) is 11.5 Å². The van der Waals surface area contributed by atoms with Crippen molar-refractivity contribution in [3.8, 4) is 11.5 Å². The second-order valence-corrected chi connectivity index (χ2v) is 7.23. The van der Waals surface area contributed by atoms with Gasteiger partial charge in [0.1, 0.15) is 5.69 Å². The number of rotatable bonds is 7. The van der Waals surface area contributed by atoms with Crippen LogP contribution in [0.25, 0.3) is 22.4 Å².